The molecule has 0 saturated heterocycles. The Labute approximate surface area is 111 Å². The van der Waals surface area contributed by atoms with Gasteiger partial charge in [0.05, 0.1) is 5.60 Å². The fraction of sp³-hybridized carbons (Fsp3) is 0.571. The molecule has 0 aliphatic heterocycles. The highest BCUT2D eigenvalue weighted by atomic mass is 16.5. The molecule has 0 radical (unpaired) electrons. The third-order valence-electron chi connectivity index (χ3n) is 4.10. The van der Waals surface area contributed by atoms with E-state index in [2.05, 4.69) is 6.92 Å². The first kappa shape index (κ1) is 13.8. The number of methoxy groups -OCH3 is 1. The molecule has 1 aromatic rings. The topological polar surface area (TPSA) is 68.5 Å². The molecule has 0 unspecified atom stereocenters. The van der Waals surface area contributed by atoms with Crippen LogP contribution < -0.4 is 5.56 Å². The third-order valence-corrected chi connectivity index (χ3v) is 4.10. The maximum Gasteiger partial charge on any atom is 0.341 e. The molecule has 5 heteroatoms. The van der Waals surface area contributed by atoms with Crippen LogP contribution in [0.1, 0.15) is 49.0 Å². The fourth-order valence-corrected chi connectivity index (χ4v) is 2.66. The largest absolute Gasteiger partial charge is 0.477 e. The van der Waals surface area contributed by atoms with Crippen LogP contribution in [0.5, 0.6) is 0 Å². The Morgan fingerprint density at radius 1 is 1.47 bits per heavy atom. The Morgan fingerprint density at radius 3 is 2.63 bits per heavy atom. The van der Waals surface area contributed by atoms with Crippen LogP contribution in [-0.4, -0.2) is 28.4 Å². The molecule has 1 N–H and O–H groups in total. The van der Waals surface area contributed by atoms with Crippen LogP contribution in [0.3, 0.4) is 0 Å². The van der Waals surface area contributed by atoms with E-state index in [1.807, 2.05) is 0 Å². The molecule has 2 rings (SSSR count). The minimum absolute atomic E-state index is 0.0648. The SMILES string of the molecule is CO[C@]1(C)CC[C@H](n2cccc(C(=O)O)c2=O)CC1. The molecule has 0 bridgehead atoms. The number of pyridine rings is 1. The van der Waals surface area contributed by atoms with Gasteiger partial charge in [-0.1, -0.05) is 0 Å². The van der Waals surface area contributed by atoms with Crippen molar-refractivity contribution in [1.29, 1.82) is 0 Å². The minimum Gasteiger partial charge on any atom is -0.477 e. The van der Waals surface area contributed by atoms with E-state index in [-0.39, 0.29) is 17.2 Å². The number of nitrogens with zero attached hydrogens (tertiary/aromatic N) is 1. The monoisotopic (exact) mass is 265 g/mol. The summed E-state index contributed by atoms with van der Waals surface area (Å²) in [5, 5.41) is 8.98. The Balaban J connectivity index is 2.23. The first-order valence-corrected chi connectivity index (χ1v) is 6.46. The number of ether oxygens (including phenoxy) is 1. The minimum atomic E-state index is -1.17. The first-order valence-electron chi connectivity index (χ1n) is 6.46. The summed E-state index contributed by atoms with van der Waals surface area (Å²) in [6, 6.07) is 3.04. The molecule has 0 aromatic carbocycles. The summed E-state index contributed by atoms with van der Waals surface area (Å²) in [6.45, 7) is 2.07. The smallest absolute Gasteiger partial charge is 0.341 e. The molecule has 1 aromatic heterocycles. The van der Waals surface area contributed by atoms with Crippen molar-refractivity contribution in [2.75, 3.05) is 7.11 Å². The van der Waals surface area contributed by atoms with Crippen molar-refractivity contribution in [1.82, 2.24) is 4.57 Å². The van der Waals surface area contributed by atoms with Crippen molar-refractivity contribution in [3.05, 3.63) is 34.2 Å². The van der Waals surface area contributed by atoms with Gasteiger partial charge in [0.25, 0.3) is 5.56 Å². The van der Waals surface area contributed by atoms with E-state index in [1.54, 1.807) is 23.9 Å². The Morgan fingerprint density at radius 2 is 2.11 bits per heavy atom. The summed E-state index contributed by atoms with van der Waals surface area (Å²) in [5.41, 5.74) is -0.701. The van der Waals surface area contributed by atoms with E-state index in [0.29, 0.717) is 0 Å². The van der Waals surface area contributed by atoms with E-state index in [9.17, 15) is 9.59 Å². The number of hydrogen-bond donors (Lipinski definition) is 1. The summed E-state index contributed by atoms with van der Waals surface area (Å²) in [5.74, 6) is -1.17. The summed E-state index contributed by atoms with van der Waals surface area (Å²) in [6.07, 6.45) is 5.07. The van der Waals surface area contributed by atoms with E-state index >= 15 is 0 Å². The lowest BCUT2D eigenvalue weighted by Gasteiger charge is -2.36. The quantitative estimate of drug-likeness (QED) is 0.908. The maximum atomic E-state index is 12.1. The predicted octanol–water partition coefficient (Wildman–Crippen LogP) is 2.07. The molecule has 104 valence electrons. The normalized spacial score (nSPS) is 27.2. The van der Waals surface area contributed by atoms with Crippen molar-refractivity contribution in [2.24, 2.45) is 0 Å². The second kappa shape index (κ2) is 5.17. The molecule has 1 aliphatic carbocycles. The van der Waals surface area contributed by atoms with Crippen molar-refractivity contribution in [3.63, 3.8) is 0 Å². The summed E-state index contributed by atoms with van der Waals surface area (Å²) >= 11 is 0. The maximum absolute atomic E-state index is 12.1. The van der Waals surface area contributed by atoms with Crippen LogP contribution in [0.4, 0.5) is 0 Å². The lowest BCUT2D eigenvalue weighted by Crippen LogP contribution is -2.37. The number of hydrogen-bond acceptors (Lipinski definition) is 3. The van der Waals surface area contributed by atoms with Gasteiger partial charge >= 0.3 is 5.97 Å². The first-order chi connectivity index (χ1) is 8.97. The van der Waals surface area contributed by atoms with Crippen LogP contribution in [0.2, 0.25) is 0 Å². The van der Waals surface area contributed by atoms with Gasteiger partial charge in [0, 0.05) is 19.3 Å². The lowest BCUT2D eigenvalue weighted by molar-refractivity contribution is -0.0325. The molecule has 1 saturated carbocycles. The average molecular weight is 265 g/mol. The zero-order valence-corrected chi connectivity index (χ0v) is 11.3. The highest BCUT2D eigenvalue weighted by Crippen LogP contribution is 2.35. The van der Waals surface area contributed by atoms with Crippen molar-refractivity contribution in [3.8, 4) is 0 Å². The van der Waals surface area contributed by atoms with E-state index < -0.39 is 11.5 Å². The van der Waals surface area contributed by atoms with Gasteiger partial charge in [0.15, 0.2) is 0 Å². The van der Waals surface area contributed by atoms with Gasteiger partial charge < -0.3 is 14.4 Å². The van der Waals surface area contributed by atoms with Gasteiger partial charge in [-0.3, -0.25) is 4.79 Å². The third kappa shape index (κ3) is 2.71. The van der Waals surface area contributed by atoms with Gasteiger partial charge in [-0.25, -0.2) is 4.79 Å². The Bertz CT molecular complexity index is 526. The molecular formula is C14H19NO4. The van der Waals surface area contributed by atoms with Crippen LogP contribution in [0.25, 0.3) is 0 Å². The highest BCUT2D eigenvalue weighted by molar-refractivity contribution is 5.86. The fourth-order valence-electron chi connectivity index (χ4n) is 2.66. The standard InChI is InChI=1S/C14H19NO4/c1-14(19-2)7-5-10(6-8-14)15-9-3-4-11(12(15)16)13(17)18/h3-4,9-10H,5-8H2,1-2H3,(H,17,18)/t10-,14+. The molecule has 0 spiro atoms. The van der Waals surface area contributed by atoms with Crippen LogP contribution in [0.15, 0.2) is 23.1 Å². The number of aromatic carboxylic acids is 1. The zero-order valence-electron chi connectivity index (χ0n) is 11.3. The number of carboxylic acid groups (broad SMARTS) is 1. The number of carbonyl (C=O) groups is 1. The zero-order chi connectivity index (χ0) is 14.0. The highest BCUT2D eigenvalue weighted by Gasteiger charge is 2.32. The Hall–Kier alpha value is -1.62. The van der Waals surface area contributed by atoms with Crippen LogP contribution in [-0.2, 0) is 4.74 Å². The molecule has 19 heavy (non-hydrogen) atoms. The molecule has 1 aliphatic rings. The second-order valence-corrected chi connectivity index (χ2v) is 5.32. The lowest BCUT2D eigenvalue weighted by atomic mass is 9.83. The van der Waals surface area contributed by atoms with Crippen molar-refractivity contribution < 1.29 is 14.6 Å². The van der Waals surface area contributed by atoms with Crippen LogP contribution >= 0.6 is 0 Å². The van der Waals surface area contributed by atoms with Crippen molar-refractivity contribution >= 4 is 5.97 Å². The summed E-state index contributed by atoms with van der Waals surface area (Å²) in [7, 11) is 1.71. The molecule has 1 heterocycles. The molecule has 0 amide bonds. The van der Waals surface area contributed by atoms with Gasteiger partial charge in [-0.2, -0.15) is 0 Å². The summed E-state index contributed by atoms with van der Waals surface area (Å²) in [4.78, 5) is 23.1. The summed E-state index contributed by atoms with van der Waals surface area (Å²) < 4.78 is 7.03. The van der Waals surface area contributed by atoms with E-state index in [1.165, 1.54) is 6.07 Å². The Kier molecular flexibility index (Phi) is 3.75. The average Bonchev–Trinajstić information content (AvgIpc) is 2.40. The van der Waals surface area contributed by atoms with Gasteiger partial charge in [0.2, 0.25) is 0 Å². The predicted molar refractivity (Wildman–Crippen MR) is 70.6 cm³/mol. The number of aromatic nitrogens is 1. The number of rotatable bonds is 3. The van der Waals surface area contributed by atoms with Gasteiger partial charge in [-0.05, 0) is 44.7 Å². The molecular weight excluding hydrogens is 246 g/mol. The van der Waals surface area contributed by atoms with E-state index in [4.69, 9.17) is 9.84 Å². The van der Waals surface area contributed by atoms with Gasteiger partial charge in [0.1, 0.15) is 5.56 Å². The van der Waals surface area contributed by atoms with E-state index in [0.717, 1.165) is 25.7 Å². The van der Waals surface area contributed by atoms with Crippen LogP contribution in [0, 0.1) is 0 Å². The second-order valence-electron chi connectivity index (χ2n) is 5.32. The molecule has 1 fully saturated rings. The van der Waals surface area contributed by atoms with Gasteiger partial charge in [-0.15, -0.1) is 0 Å². The number of carboxylic acids is 1. The van der Waals surface area contributed by atoms with Crippen molar-refractivity contribution in [2.45, 2.75) is 44.2 Å². The molecule has 5 nitrogen and oxygen atoms in total. The molecule has 0 atom stereocenters.